The van der Waals surface area contributed by atoms with Crippen LogP contribution in [0.1, 0.15) is 69.0 Å². The van der Waals surface area contributed by atoms with Crippen molar-refractivity contribution in [3.05, 3.63) is 53.1 Å². The normalized spacial score (nSPS) is 12.5. The van der Waals surface area contributed by atoms with Crippen molar-refractivity contribution in [2.45, 2.75) is 57.5 Å². The maximum atomic E-state index is 11.7. The number of phenols is 1. The molecule has 33 heavy (non-hydrogen) atoms. The molecule has 0 aliphatic heterocycles. The van der Waals surface area contributed by atoms with E-state index in [0.717, 1.165) is 23.5 Å². The first-order chi connectivity index (χ1) is 15.2. The number of benzene rings is 2. The Balaban J connectivity index is 0.00000544. The van der Waals surface area contributed by atoms with Gasteiger partial charge in [0.05, 0.1) is 24.7 Å². The molecule has 0 saturated carbocycles. The standard InChI is InChI=1S/C25H32O6S.Na.H/c1-4-6-21-22(12-11-20(17(3)26)25(21)30)31-13-5-14-32-19-9-7-18(8-10-19)24(29)16(2)15-23(27)28;;/h7-12,16,24,29-30H,4-6,13-15H2,1-3H3,(H,27,28);;/q;+1;-1. The molecule has 0 heterocycles. The zero-order valence-corrected chi connectivity index (χ0v) is 22.7. The first-order valence-corrected chi connectivity index (χ1v) is 11.8. The van der Waals surface area contributed by atoms with Crippen LogP contribution in [0.5, 0.6) is 11.5 Å². The van der Waals surface area contributed by atoms with Gasteiger partial charge in [-0.25, -0.2) is 0 Å². The molecule has 2 aromatic rings. The second-order valence-electron chi connectivity index (χ2n) is 7.88. The Morgan fingerprint density at radius 1 is 1.15 bits per heavy atom. The number of Topliss-reactive ketones (excluding diaryl/α,β-unsaturated/α-hetero) is 1. The summed E-state index contributed by atoms with van der Waals surface area (Å²) < 4.78 is 5.89. The van der Waals surface area contributed by atoms with E-state index >= 15 is 0 Å². The number of phenolic OH excluding ortho intramolecular Hbond substituents is 1. The molecule has 0 aromatic heterocycles. The maximum Gasteiger partial charge on any atom is 1.00 e. The third-order valence-corrected chi connectivity index (χ3v) is 6.29. The second kappa shape index (κ2) is 14.7. The first-order valence-electron chi connectivity index (χ1n) is 10.9. The molecule has 0 aliphatic rings. The van der Waals surface area contributed by atoms with E-state index in [9.17, 15) is 19.8 Å². The molecule has 3 N–H and O–H groups in total. The van der Waals surface area contributed by atoms with E-state index in [1.807, 2.05) is 31.2 Å². The number of carboxylic acid groups (broad SMARTS) is 1. The summed E-state index contributed by atoms with van der Waals surface area (Å²) in [5, 5.41) is 29.6. The topological polar surface area (TPSA) is 104 Å². The Labute approximate surface area is 223 Å². The number of thioether (sulfide) groups is 1. The fraction of sp³-hybridized carbons (Fsp3) is 0.440. The van der Waals surface area contributed by atoms with Crippen LogP contribution in [-0.2, 0) is 11.2 Å². The number of aromatic hydroxyl groups is 1. The van der Waals surface area contributed by atoms with Crippen molar-refractivity contribution in [1.29, 1.82) is 0 Å². The summed E-state index contributed by atoms with van der Waals surface area (Å²) in [6, 6.07) is 10.9. The summed E-state index contributed by atoms with van der Waals surface area (Å²) in [5.74, 6) is 0.0253. The summed E-state index contributed by atoms with van der Waals surface area (Å²) >= 11 is 1.67. The molecule has 0 bridgehead atoms. The molecule has 0 spiro atoms. The van der Waals surface area contributed by atoms with Gasteiger partial charge in [-0.1, -0.05) is 32.4 Å². The van der Waals surface area contributed by atoms with Crippen LogP contribution >= 0.6 is 11.8 Å². The largest absolute Gasteiger partial charge is 1.00 e. The van der Waals surface area contributed by atoms with Crippen molar-refractivity contribution >= 4 is 23.5 Å². The Morgan fingerprint density at radius 2 is 1.82 bits per heavy atom. The molecule has 2 rings (SSSR count). The number of carbonyl (C=O) groups excluding carboxylic acids is 1. The van der Waals surface area contributed by atoms with Crippen molar-refractivity contribution in [3.63, 3.8) is 0 Å². The summed E-state index contributed by atoms with van der Waals surface area (Å²) in [6.45, 7) is 5.66. The number of ketones is 1. The second-order valence-corrected chi connectivity index (χ2v) is 9.05. The summed E-state index contributed by atoms with van der Waals surface area (Å²) in [6.07, 6.45) is 1.39. The van der Waals surface area contributed by atoms with E-state index in [0.29, 0.717) is 35.5 Å². The van der Waals surface area contributed by atoms with Gasteiger partial charge in [0.2, 0.25) is 0 Å². The molecule has 0 amide bonds. The van der Waals surface area contributed by atoms with E-state index in [-0.39, 0.29) is 54.9 Å². The Morgan fingerprint density at radius 3 is 2.39 bits per heavy atom. The smallest absolute Gasteiger partial charge is 1.00 e. The van der Waals surface area contributed by atoms with E-state index < -0.39 is 12.1 Å². The number of aliphatic hydroxyl groups excluding tert-OH is 1. The van der Waals surface area contributed by atoms with Crippen molar-refractivity contribution in [2.24, 2.45) is 5.92 Å². The SMILES string of the molecule is CCCc1c(OCCCSc2ccc(C(O)C(C)CC(=O)O)cc2)ccc(C(C)=O)c1O.[H-].[Na+]. The molecule has 2 unspecified atom stereocenters. The van der Waals surface area contributed by atoms with E-state index in [1.54, 1.807) is 30.8 Å². The van der Waals surface area contributed by atoms with Gasteiger partial charge < -0.3 is 21.5 Å². The predicted molar refractivity (Wildman–Crippen MR) is 127 cm³/mol. The van der Waals surface area contributed by atoms with Crippen LogP contribution < -0.4 is 34.3 Å². The van der Waals surface area contributed by atoms with Crippen LogP contribution in [0.25, 0.3) is 0 Å². The molecule has 0 radical (unpaired) electrons. The van der Waals surface area contributed by atoms with E-state index in [1.165, 1.54) is 6.92 Å². The van der Waals surface area contributed by atoms with Gasteiger partial charge in [0.1, 0.15) is 11.5 Å². The molecular weight excluding hydrogens is 451 g/mol. The first kappa shape index (κ1) is 29.5. The monoisotopic (exact) mass is 484 g/mol. The van der Waals surface area contributed by atoms with Crippen LogP contribution in [0.3, 0.4) is 0 Å². The molecule has 2 aromatic carbocycles. The van der Waals surface area contributed by atoms with Crippen LogP contribution in [0, 0.1) is 5.92 Å². The number of rotatable bonds is 13. The fourth-order valence-electron chi connectivity index (χ4n) is 3.44. The number of hydrogen-bond donors (Lipinski definition) is 3. The minimum atomic E-state index is -0.919. The zero-order chi connectivity index (χ0) is 23.7. The number of carboxylic acids is 1. The maximum absolute atomic E-state index is 11.7. The van der Waals surface area contributed by atoms with Crippen LogP contribution in [0.15, 0.2) is 41.3 Å². The average molecular weight is 485 g/mol. The minimum absolute atomic E-state index is 0. The molecule has 2 atom stereocenters. The molecular formula is C25H33NaO6S. The van der Waals surface area contributed by atoms with Gasteiger partial charge in [-0.15, -0.1) is 11.8 Å². The van der Waals surface area contributed by atoms with Crippen LogP contribution in [0.2, 0.25) is 0 Å². The average Bonchev–Trinajstić information content (AvgIpc) is 2.75. The van der Waals surface area contributed by atoms with Crippen molar-refractivity contribution in [3.8, 4) is 11.5 Å². The van der Waals surface area contributed by atoms with Crippen molar-refractivity contribution in [1.82, 2.24) is 0 Å². The van der Waals surface area contributed by atoms with E-state index in [4.69, 9.17) is 9.84 Å². The Kier molecular flexibility index (Phi) is 13.1. The van der Waals surface area contributed by atoms with Gasteiger partial charge in [0, 0.05) is 16.2 Å². The van der Waals surface area contributed by atoms with Gasteiger partial charge in [-0.3, -0.25) is 9.59 Å². The van der Waals surface area contributed by atoms with Crippen LogP contribution in [0.4, 0.5) is 0 Å². The van der Waals surface area contributed by atoms with Gasteiger partial charge >= 0.3 is 35.5 Å². The molecule has 0 saturated heterocycles. The summed E-state index contributed by atoms with van der Waals surface area (Å²) in [4.78, 5) is 23.5. The molecule has 0 aliphatic carbocycles. The van der Waals surface area contributed by atoms with Crippen molar-refractivity contribution in [2.75, 3.05) is 12.4 Å². The number of aliphatic carboxylic acids is 1. The minimum Gasteiger partial charge on any atom is -1.00 e. The van der Waals surface area contributed by atoms with Gasteiger partial charge in [-0.2, -0.15) is 0 Å². The third kappa shape index (κ3) is 8.98. The number of hydrogen-bond acceptors (Lipinski definition) is 6. The van der Waals surface area contributed by atoms with Crippen molar-refractivity contribution < 1.29 is 60.6 Å². The van der Waals surface area contributed by atoms with Gasteiger partial charge in [0.25, 0.3) is 0 Å². The summed E-state index contributed by atoms with van der Waals surface area (Å²) in [5.41, 5.74) is 1.71. The zero-order valence-electron chi connectivity index (χ0n) is 20.8. The summed E-state index contributed by atoms with van der Waals surface area (Å²) in [7, 11) is 0. The predicted octanol–water partition coefficient (Wildman–Crippen LogP) is 2.37. The fourth-order valence-corrected chi connectivity index (χ4v) is 4.26. The molecule has 0 fully saturated rings. The third-order valence-electron chi connectivity index (χ3n) is 5.19. The molecule has 8 heteroatoms. The number of ether oxygens (including phenoxy) is 1. The molecule has 176 valence electrons. The van der Waals surface area contributed by atoms with Crippen LogP contribution in [-0.4, -0.2) is 39.4 Å². The molecule has 6 nitrogen and oxygen atoms in total. The number of carbonyl (C=O) groups is 2. The van der Waals surface area contributed by atoms with Gasteiger partial charge in [-0.05, 0) is 55.5 Å². The quantitative estimate of drug-likeness (QED) is 0.174. The Bertz CT molecular complexity index is 922. The van der Waals surface area contributed by atoms with Gasteiger partial charge in [0.15, 0.2) is 5.78 Å². The Hall–Kier alpha value is -1.51. The number of aliphatic hydroxyl groups is 1. The van der Waals surface area contributed by atoms with E-state index in [2.05, 4.69) is 0 Å².